The zero-order valence-electron chi connectivity index (χ0n) is 14.0. The predicted molar refractivity (Wildman–Crippen MR) is 86.2 cm³/mol. The van der Waals surface area contributed by atoms with Gasteiger partial charge in [0, 0.05) is 19.1 Å². The average molecular weight is 296 g/mol. The fraction of sp³-hybridized carbons (Fsp3) is 0.938. The molecule has 0 unspecified atom stereocenters. The minimum Gasteiger partial charge on any atom is -0.337 e. The molecule has 2 aliphatic rings. The fourth-order valence-electron chi connectivity index (χ4n) is 3.57. The average Bonchev–Trinajstić information content (AvgIpc) is 2.88. The Morgan fingerprint density at radius 2 is 1.76 bits per heavy atom. The number of nitrogens with two attached hydrogens (primary N) is 1. The highest BCUT2D eigenvalue weighted by atomic mass is 16.2. The van der Waals surface area contributed by atoms with Crippen molar-refractivity contribution in [3.8, 4) is 0 Å². The minimum absolute atomic E-state index is 0.205. The van der Waals surface area contributed by atoms with Crippen LogP contribution in [0.1, 0.15) is 38.5 Å². The van der Waals surface area contributed by atoms with Crippen LogP contribution in [0.25, 0.3) is 0 Å². The molecule has 122 valence electrons. The molecule has 1 aliphatic carbocycles. The van der Waals surface area contributed by atoms with Crippen molar-refractivity contribution in [3.63, 3.8) is 0 Å². The van der Waals surface area contributed by atoms with Crippen molar-refractivity contribution in [1.82, 2.24) is 14.7 Å². The molecule has 5 nitrogen and oxygen atoms in total. The maximum absolute atomic E-state index is 13.0. The second-order valence-corrected chi connectivity index (χ2v) is 7.20. The van der Waals surface area contributed by atoms with Gasteiger partial charge in [-0.25, -0.2) is 0 Å². The van der Waals surface area contributed by atoms with Gasteiger partial charge in [-0.3, -0.25) is 4.79 Å². The Morgan fingerprint density at radius 1 is 1.19 bits per heavy atom. The lowest BCUT2D eigenvalue weighted by atomic mass is 9.94. The van der Waals surface area contributed by atoms with Crippen molar-refractivity contribution in [3.05, 3.63) is 0 Å². The topological polar surface area (TPSA) is 52.8 Å². The van der Waals surface area contributed by atoms with Gasteiger partial charge in [0.1, 0.15) is 0 Å². The number of amides is 1. The Labute approximate surface area is 129 Å². The van der Waals surface area contributed by atoms with Crippen molar-refractivity contribution < 1.29 is 4.79 Å². The molecule has 1 saturated heterocycles. The highest BCUT2D eigenvalue weighted by Gasteiger charge is 2.42. The first kappa shape index (κ1) is 16.7. The number of rotatable bonds is 5. The van der Waals surface area contributed by atoms with Gasteiger partial charge in [-0.05, 0) is 59.9 Å². The third-order valence-electron chi connectivity index (χ3n) is 5.10. The van der Waals surface area contributed by atoms with Crippen molar-refractivity contribution in [2.24, 2.45) is 5.73 Å². The molecule has 21 heavy (non-hydrogen) atoms. The standard InChI is InChI=1S/C16H32N4O/c1-18(2)12-13-20(14-6-10-19(3)11-7-14)15(21)16(17)8-4-5-9-16/h14H,4-13,17H2,1-3H3. The van der Waals surface area contributed by atoms with Gasteiger partial charge in [-0.15, -0.1) is 0 Å². The molecule has 0 spiro atoms. The summed E-state index contributed by atoms with van der Waals surface area (Å²) in [5, 5.41) is 0. The van der Waals surface area contributed by atoms with Crippen LogP contribution in [0.3, 0.4) is 0 Å². The van der Waals surface area contributed by atoms with E-state index in [-0.39, 0.29) is 5.91 Å². The van der Waals surface area contributed by atoms with Gasteiger partial charge in [0.15, 0.2) is 0 Å². The number of likely N-dealkylation sites (N-methyl/N-ethyl adjacent to an activating group) is 1. The van der Waals surface area contributed by atoms with E-state index in [1.54, 1.807) is 0 Å². The summed E-state index contributed by atoms with van der Waals surface area (Å²) in [5.41, 5.74) is 5.84. The first-order valence-corrected chi connectivity index (χ1v) is 8.35. The van der Waals surface area contributed by atoms with Gasteiger partial charge in [0.05, 0.1) is 5.54 Å². The monoisotopic (exact) mass is 296 g/mol. The SMILES string of the molecule is CN(C)CCN(C(=O)C1(N)CCCC1)C1CCN(C)CC1. The molecule has 1 amide bonds. The molecular weight excluding hydrogens is 264 g/mol. The van der Waals surface area contributed by atoms with E-state index in [0.717, 1.165) is 64.7 Å². The smallest absolute Gasteiger partial charge is 0.242 e. The number of hydrogen-bond acceptors (Lipinski definition) is 4. The van der Waals surface area contributed by atoms with Gasteiger partial charge in [0.25, 0.3) is 0 Å². The fourth-order valence-corrected chi connectivity index (χ4v) is 3.57. The second kappa shape index (κ2) is 7.07. The third kappa shape index (κ3) is 4.18. The van der Waals surface area contributed by atoms with Crippen LogP contribution in [0, 0.1) is 0 Å². The lowest BCUT2D eigenvalue weighted by Crippen LogP contribution is -2.58. The molecule has 1 saturated carbocycles. The quantitative estimate of drug-likeness (QED) is 0.813. The summed E-state index contributed by atoms with van der Waals surface area (Å²) in [6.07, 6.45) is 6.06. The van der Waals surface area contributed by atoms with E-state index in [9.17, 15) is 4.79 Å². The zero-order chi connectivity index (χ0) is 15.5. The molecule has 1 aliphatic heterocycles. The lowest BCUT2D eigenvalue weighted by molar-refractivity contribution is -0.140. The maximum atomic E-state index is 13.0. The van der Waals surface area contributed by atoms with Crippen molar-refractivity contribution in [1.29, 1.82) is 0 Å². The highest BCUT2D eigenvalue weighted by Crippen LogP contribution is 2.30. The van der Waals surface area contributed by atoms with Gasteiger partial charge >= 0.3 is 0 Å². The van der Waals surface area contributed by atoms with Crippen LogP contribution in [-0.4, -0.2) is 79.5 Å². The van der Waals surface area contributed by atoms with E-state index >= 15 is 0 Å². The lowest BCUT2D eigenvalue weighted by Gasteiger charge is -2.41. The molecule has 2 rings (SSSR count). The zero-order valence-corrected chi connectivity index (χ0v) is 14.0. The molecule has 0 bridgehead atoms. The van der Waals surface area contributed by atoms with E-state index in [4.69, 9.17) is 5.73 Å². The van der Waals surface area contributed by atoms with Crippen LogP contribution < -0.4 is 5.73 Å². The summed E-state index contributed by atoms with van der Waals surface area (Å²) in [7, 11) is 6.28. The van der Waals surface area contributed by atoms with Gasteiger partial charge in [0.2, 0.25) is 5.91 Å². The van der Waals surface area contributed by atoms with E-state index in [2.05, 4.69) is 35.8 Å². The summed E-state index contributed by atoms with van der Waals surface area (Å²) in [6.45, 7) is 3.87. The first-order chi connectivity index (χ1) is 9.92. The molecule has 0 aromatic heterocycles. The summed E-state index contributed by atoms with van der Waals surface area (Å²) < 4.78 is 0. The normalized spacial score (nSPS) is 23.7. The number of piperidine rings is 1. The van der Waals surface area contributed by atoms with Crippen LogP contribution in [0.2, 0.25) is 0 Å². The molecule has 0 radical (unpaired) electrons. The van der Waals surface area contributed by atoms with Crippen LogP contribution in [0.5, 0.6) is 0 Å². The van der Waals surface area contributed by atoms with E-state index in [1.165, 1.54) is 0 Å². The Balaban J connectivity index is 2.05. The van der Waals surface area contributed by atoms with Gasteiger partial charge in [-0.2, -0.15) is 0 Å². The molecule has 5 heteroatoms. The van der Waals surface area contributed by atoms with E-state index < -0.39 is 5.54 Å². The molecule has 1 heterocycles. The summed E-state index contributed by atoms with van der Waals surface area (Å²) in [6, 6.07) is 0.370. The van der Waals surface area contributed by atoms with Crippen LogP contribution in [0.15, 0.2) is 0 Å². The number of hydrogen-bond donors (Lipinski definition) is 1. The number of nitrogens with zero attached hydrogens (tertiary/aromatic N) is 3. The number of likely N-dealkylation sites (tertiary alicyclic amines) is 1. The predicted octanol–water partition coefficient (Wildman–Crippen LogP) is 0.742. The number of carbonyl (C=O) groups excluding carboxylic acids is 1. The minimum atomic E-state index is -0.588. The van der Waals surface area contributed by atoms with Crippen LogP contribution >= 0.6 is 0 Å². The first-order valence-electron chi connectivity index (χ1n) is 8.35. The molecule has 0 aromatic rings. The number of carbonyl (C=O) groups is 1. The largest absolute Gasteiger partial charge is 0.337 e. The van der Waals surface area contributed by atoms with Gasteiger partial charge < -0.3 is 20.4 Å². The Bertz CT molecular complexity index is 344. The van der Waals surface area contributed by atoms with Crippen LogP contribution in [-0.2, 0) is 4.79 Å². The summed E-state index contributed by atoms with van der Waals surface area (Å²) >= 11 is 0. The van der Waals surface area contributed by atoms with Crippen molar-refractivity contribution >= 4 is 5.91 Å². The van der Waals surface area contributed by atoms with Crippen LogP contribution in [0.4, 0.5) is 0 Å². The maximum Gasteiger partial charge on any atom is 0.242 e. The Morgan fingerprint density at radius 3 is 2.29 bits per heavy atom. The third-order valence-corrected chi connectivity index (χ3v) is 5.10. The highest BCUT2D eigenvalue weighted by molar-refractivity contribution is 5.86. The van der Waals surface area contributed by atoms with Crippen molar-refractivity contribution in [2.75, 3.05) is 47.3 Å². The molecule has 2 fully saturated rings. The molecule has 2 N–H and O–H groups in total. The molecule has 0 aromatic carbocycles. The summed E-state index contributed by atoms with van der Waals surface area (Å²) in [4.78, 5) is 19.6. The molecular formula is C16H32N4O. The van der Waals surface area contributed by atoms with E-state index in [0.29, 0.717) is 6.04 Å². The second-order valence-electron chi connectivity index (χ2n) is 7.20. The summed E-state index contributed by atoms with van der Waals surface area (Å²) in [5.74, 6) is 0.205. The Kier molecular flexibility index (Phi) is 5.63. The van der Waals surface area contributed by atoms with E-state index in [1.807, 2.05) is 0 Å². The molecule has 0 atom stereocenters. The van der Waals surface area contributed by atoms with Gasteiger partial charge in [-0.1, -0.05) is 12.8 Å². The Hall–Kier alpha value is -0.650. The van der Waals surface area contributed by atoms with Crippen molar-refractivity contribution in [2.45, 2.75) is 50.1 Å².